The highest BCUT2D eigenvalue weighted by atomic mass is 16.5. The average Bonchev–Trinajstić information content (AvgIpc) is 2.92. The minimum Gasteiger partial charge on any atom is -0.383 e. The molecule has 5 nitrogen and oxygen atoms in total. The lowest BCUT2D eigenvalue weighted by Gasteiger charge is -2.08. The monoisotopic (exact) mass is 254 g/mol. The predicted octanol–water partition coefficient (Wildman–Crippen LogP) is 2.14. The first-order chi connectivity index (χ1) is 9.40. The van der Waals surface area contributed by atoms with Crippen LogP contribution in [0, 0.1) is 0 Å². The molecule has 0 fully saturated rings. The minimum atomic E-state index is 0.633. The van der Waals surface area contributed by atoms with Gasteiger partial charge in [0.05, 0.1) is 12.1 Å². The Bertz CT molecular complexity index is 687. The van der Waals surface area contributed by atoms with Gasteiger partial charge >= 0.3 is 0 Å². The Morgan fingerprint density at radius 2 is 2.16 bits per heavy atom. The van der Waals surface area contributed by atoms with E-state index in [2.05, 4.69) is 15.2 Å². The van der Waals surface area contributed by atoms with Gasteiger partial charge in [-0.25, -0.2) is 0 Å². The van der Waals surface area contributed by atoms with Crippen LogP contribution in [0.25, 0.3) is 22.3 Å². The highest BCUT2D eigenvalue weighted by Crippen LogP contribution is 2.25. The van der Waals surface area contributed by atoms with E-state index in [4.69, 9.17) is 4.74 Å². The summed E-state index contributed by atoms with van der Waals surface area (Å²) in [5.41, 5.74) is 2.00. The summed E-state index contributed by atoms with van der Waals surface area (Å²) in [5.74, 6) is 0.843. The molecule has 2 heterocycles. The summed E-state index contributed by atoms with van der Waals surface area (Å²) in [7, 11) is 1.69. The molecule has 1 aromatic carbocycles. The molecule has 0 spiro atoms. The van der Waals surface area contributed by atoms with Gasteiger partial charge in [-0.05, 0) is 12.1 Å². The van der Waals surface area contributed by atoms with Crippen molar-refractivity contribution in [2.45, 2.75) is 6.54 Å². The van der Waals surface area contributed by atoms with Gasteiger partial charge in [-0.3, -0.25) is 4.98 Å². The third-order valence-corrected chi connectivity index (χ3v) is 3.04. The van der Waals surface area contributed by atoms with Gasteiger partial charge in [-0.2, -0.15) is 0 Å². The van der Waals surface area contributed by atoms with Crippen molar-refractivity contribution in [1.82, 2.24) is 19.7 Å². The first kappa shape index (κ1) is 11.8. The van der Waals surface area contributed by atoms with Crippen LogP contribution in [-0.2, 0) is 11.3 Å². The maximum absolute atomic E-state index is 5.10. The Hall–Kier alpha value is -2.27. The fourth-order valence-electron chi connectivity index (χ4n) is 2.12. The SMILES string of the molecule is COCCn1cnnc1-c1cccc2ncccc12. The van der Waals surface area contributed by atoms with Crippen molar-refractivity contribution in [3.8, 4) is 11.4 Å². The van der Waals surface area contributed by atoms with Crippen LogP contribution in [0.3, 0.4) is 0 Å². The molecule has 0 N–H and O–H groups in total. The first-order valence-corrected chi connectivity index (χ1v) is 6.11. The van der Waals surface area contributed by atoms with Gasteiger partial charge in [-0.1, -0.05) is 18.2 Å². The molecule has 0 aliphatic rings. The number of nitrogens with zero attached hydrogens (tertiary/aromatic N) is 4. The van der Waals surface area contributed by atoms with Crippen molar-refractivity contribution in [2.75, 3.05) is 13.7 Å². The van der Waals surface area contributed by atoms with Crippen LogP contribution < -0.4 is 0 Å². The Kier molecular flexibility index (Phi) is 3.20. The van der Waals surface area contributed by atoms with Crippen molar-refractivity contribution < 1.29 is 4.74 Å². The van der Waals surface area contributed by atoms with E-state index in [9.17, 15) is 0 Å². The minimum absolute atomic E-state index is 0.633. The van der Waals surface area contributed by atoms with E-state index in [0.29, 0.717) is 6.61 Å². The number of hydrogen-bond acceptors (Lipinski definition) is 4. The van der Waals surface area contributed by atoms with E-state index in [-0.39, 0.29) is 0 Å². The first-order valence-electron chi connectivity index (χ1n) is 6.11. The Morgan fingerprint density at radius 3 is 3.05 bits per heavy atom. The summed E-state index contributed by atoms with van der Waals surface area (Å²) in [4.78, 5) is 4.36. The fourth-order valence-corrected chi connectivity index (χ4v) is 2.12. The summed E-state index contributed by atoms with van der Waals surface area (Å²) in [5, 5.41) is 9.29. The molecule has 0 bridgehead atoms. The zero-order chi connectivity index (χ0) is 13.1. The van der Waals surface area contributed by atoms with Crippen molar-refractivity contribution in [3.63, 3.8) is 0 Å². The number of rotatable bonds is 4. The second-order valence-electron chi connectivity index (χ2n) is 4.22. The summed E-state index contributed by atoms with van der Waals surface area (Å²) < 4.78 is 7.10. The van der Waals surface area contributed by atoms with Crippen LogP contribution in [0.2, 0.25) is 0 Å². The van der Waals surface area contributed by atoms with Gasteiger partial charge in [0.2, 0.25) is 0 Å². The van der Waals surface area contributed by atoms with Crippen LogP contribution >= 0.6 is 0 Å². The van der Waals surface area contributed by atoms with Crippen molar-refractivity contribution in [1.29, 1.82) is 0 Å². The molecule has 0 saturated heterocycles. The lowest BCUT2D eigenvalue weighted by atomic mass is 10.1. The summed E-state index contributed by atoms with van der Waals surface area (Å²) >= 11 is 0. The van der Waals surface area contributed by atoms with E-state index in [1.165, 1.54) is 0 Å². The molecule has 0 unspecified atom stereocenters. The summed E-state index contributed by atoms with van der Waals surface area (Å²) in [6, 6.07) is 10.0. The molecule has 96 valence electrons. The van der Waals surface area contributed by atoms with Gasteiger partial charge in [-0.15, -0.1) is 10.2 Å². The number of methoxy groups -OCH3 is 1. The van der Waals surface area contributed by atoms with E-state index in [1.54, 1.807) is 19.6 Å². The summed E-state index contributed by atoms with van der Waals surface area (Å²) in [6.07, 6.45) is 3.52. The Labute approximate surface area is 110 Å². The van der Waals surface area contributed by atoms with Crippen molar-refractivity contribution >= 4 is 10.9 Å². The smallest absolute Gasteiger partial charge is 0.164 e. The molecule has 5 heteroatoms. The number of ether oxygens (including phenoxy) is 1. The van der Waals surface area contributed by atoms with Gasteiger partial charge in [0.1, 0.15) is 6.33 Å². The van der Waals surface area contributed by atoms with Crippen LogP contribution in [0.4, 0.5) is 0 Å². The zero-order valence-corrected chi connectivity index (χ0v) is 10.7. The van der Waals surface area contributed by atoms with Gasteiger partial charge in [0.25, 0.3) is 0 Å². The van der Waals surface area contributed by atoms with Crippen molar-refractivity contribution in [3.05, 3.63) is 42.9 Å². The van der Waals surface area contributed by atoms with E-state index >= 15 is 0 Å². The molecule has 0 aliphatic carbocycles. The van der Waals surface area contributed by atoms with E-state index in [0.717, 1.165) is 28.8 Å². The molecule has 19 heavy (non-hydrogen) atoms. The molecule has 0 amide bonds. The standard InChI is InChI=1S/C14H14N4O/c1-19-9-8-18-10-16-17-14(18)12-4-2-6-13-11(12)5-3-7-15-13/h2-7,10H,8-9H2,1H3. The van der Waals surface area contributed by atoms with E-state index in [1.807, 2.05) is 34.9 Å². The molecule has 2 aromatic heterocycles. The molecule has 0 atom stereocenters. The third-order valence-electron chi connectivity index (χ3n) is 3.04. The number of hydrogen-bond donors (Lipinski definition) is 0. The Balaban J connectivity index is 2.12. The van der Waals surface area contributed by atoms with E-state index < -0.39 is 0 Å². The molecule has 0 saturated carbocycles. The molecular weight excluding hydrogens is 240 g/mol. The van der Waals surface area contributed by atoms with Crippen LogP contribution in [0.1, 0.15) is 0 Å². The maximum Gasteiger partial charge on any atom is 0.164 e. The summed E-state index contributed by atoms with van der Waals surface area (Å²) in [6.45, 7) is 1.36. The second kappa shape index (κ2) is 5.16. The van der Waals surface area contributed by atoms with Gasteiger partial charge < -0.3 is 9.30 Å². The molecule has 3 rings (SSSR count). The number of benzene rings is 1. The topological polar surface area (TPSA) is 52.8 Å². The normalized spacial score (nSPS) is 11.0. The predicted molar refractivity (Wildman–Crippen MR) is 72.6 cm³/mol. The lowest BCUT2D eigenvalue weighted by Crippen LogP contribution is -2.05. The van der Waals surface area contributed by atoms with Crippen LogP contribution in [-0.4, -0.2) is 33.5 Å². The van der Waals surface area contributed by atoms with Crippen LogP contribution in [0.5, 0.6) is 0 Å². The second-order valence-corrected chi connectivity index (χ2v) is 4.22. The van der Waals surface area contributed by atoms with Crippen LogP contribution in [0.15, 0.2) is 42.9 Å². The lowest BCUT2D eigenvalue weighted by molar-refractivity contribution is 0.187. The third kappa shape index (κ3) is 2.20. The highest BCUT2D eigenvalue weighted by molar-refractivity contribution is 5.92. The largest absolute Gasteiger partial charge is 0.383 e. The van der Waals surface area contributed by atoms with Gasteiger partial charge in [0.15, 0.2) is 5.82 Å². The Morgan fingerprint density at radius 1 is 1.21 bits per heavy atom. The van der Waals surface area contributed by atoms with Gasteiger partial charge in [0, 0.05) is 30.8 Å². The number of aromatic nitrogens is 4. The average molecular weight is 254 g/mol. The maximum atomic E-state index is 5.10. The zero-order valence-electron chi connectivity index (χ0n) is 10.7. The quantitative estimate of drug-likeness (QED) is 0.715. The fraction of sp³-hybridized carbons (Fsp3) is 0.214. The van der Waals surface area contributed by atoms with Crippen molar-refractivity contribution in [2.24, 2.45) is 0 Å². The molecular formula is C14H14N4O. The highest BCUT2D eigenvalue weighted by Gasteiger charge is 2.10. The molecule has 3 aromatic rings. The molecule has 0 aliphatic heterocycles. The molecule has 0 radical (unpaired) electrons. The number of pyridine rings is 1. The number of fused-ring (bicyclic) bond motifs is 1.